The van der Waals surface area contributed by atoms with Crippen LogP contribution in [0.15, 0.2) is 17.2 Å². The Balaban J connectivity index is 1.49. The molecule has 25 heavy (non-hydrogen) atoms. The maximum Gasteiger partial charge on any atom is 0.338 e. The Morgan fingerprint density at radius 1 is 1.24 bits per heavy atom. The molecule has 1 aliphatic heterocycles. The maximum atomic E-state index is 11.7. The van der Waals surface area contributed by atoms with Gasteiger partial charge in [-0.1, -0.05) is 12.8 Å². The zero-order valence-electron chi connectivity index (χ0n) is 14.2. The third-order valence-corrected chi connectivity index (χ3v) is 6.99. The number of carboxylic acid groups (broad SMARTS) is 1. The second kappa shape index (κ2) is 6.52. The summed E-state index contributed by atoms with van der Waals surface area (Å²) in [5.41, 5.74) is 0.289. The number of carbonyl (C=O) groups excluding carboxylic acids is 1. The molecule has 2 aliphatic carbocycles. The summed E-state index contributed by atoms with van der Waals surface area (Å²) in [6, 6.07) is 3.46. The van der Waals surface area contributed by atoms with Gasteiger partial charge in [-0.2, -0.15) is 0 Å². The van der Waals surface area contributed by atoms with Crippen molar-refractivity contribution >= 4 is 29.5 Å². The number of hydrogen-bond donors (Lipinski definition) is 1. The largest absolute Gasteiger partial charge is 0.478 e. The number of ether oxygens (including phenoxy) is 1. The van der Waals surface area contributed by atoms with Crippen LogP contribution in [0.4, 0.5) is 5.82 Å². The van der Waals surface area contributed by atoms with Gasteiger partial charge in [0.05, 0.1) is 18.6 Å². The average Bonchev–Trinajstić information content (AvgIpc) is 2.99. The van der Waals surface area contributed by atoms with E-state index in [1.165, 1.54) is 20.0 Å². The Morgan fingerprint density at radius 3 is 2.52 bits per heavy atom. The summed E-state index contributed by atoms with van der Waals surface area (Å²) in [6.07, 6.45) is 4.68. The van der Waals surface area contributed by atoms with E-state index in [1.807, 2.05) is 0 Å². The summed E-state index contributed by atoms with van der Waals surface area (Å²) in [5, 5.41) is 10.5. The highest BCUT2D eigenvalue weighted by Gasteiger charge is 2.60. The number of thioether (sulfide) groups is 1. The van der Waals surface area contributed by atoms with Crippen LogP contribution in [0.1, 0.15) is 36.0 Å². The van der Waals surface area contributed by atoms with Crippen LogP contribution in [0.2, 0.25) is 0 Å². The fourth-order valence-electron chi connectivity index (χ4n) is 4.22. The van der Waals surface area contributed by atoms with Gasteiger partial charge in [0, 0.05) is 18.3 Å². The number of carbonyl (C=O) groups is 2. The number of carboxylic acids is 1. The number of aromatic nitrogens is 1. The standard InChI is InChI=1S/C18H22N2O4S/c1-24-18(23)15-12-8-20(9-13(12)15)14-7-6-11(17(21)22)16(19-14)25-10-4-2-3-5-10/h6-7,10,12-13,15H,2-5,8-9H2,1H3,(H,21,22). The number of hydrogen-bond acceptors (Lipinski definition) is 6. The lowest BCUT2D eigenvalue weighted by molar-refractivity contribution is -0.142. The van der Waals surface area contributed by atoms with Crippen molar-refractivity contribution in [2.45, 2.75) is 36.0 Å². The van der Waals surface area contributed by atoms with Crippen molar-refractivity contribution in [2.24, 2.45) is 17.8 Å². The van der Waals surface area contributed by atoms with Gasteiger partial charge in [0.15, 0.2) is 0 Å². The molecule has 1 saturated heterocycles. The summed E-state index contributed by atoms with van der Waals surface area (Å²) >= 11 is 1.61. The molecular weight excluding hydrogens is 340 g/mol. The van der Waals surface area contributed by atoms with Crippen LogP contribution in [0, 0.1) is 17.8 Å². The minimum absolute atomic E-state index is 0.0341. The molecular formula is C18H22N2O4S. The quantitative estimate of drug-likeness (QED) is 0.807. The first kappa shape index (κ1) is 16.7. The first-order valence-electron chi connectivity index (χ1n) is 8.82. The topological polar surface area (TPSA) is 79.7 Å². The molecule has 1 N–H and O–H groups in total. The predicted octanol–water partition coefficient (Wildman–Crippen LogP) is 2.67. The molecule has 0 radical (unpaired) electrons. The van der Waals surface area contributed by atoms with Crippen LogP contribution >= 0.6 is 11.8 Å². The Labute approximate surface area is 150 Å². The lowest BCUT2D eigenvalue weighted by atomic mass is 10.2. The van der Waals surface area contributed by atoms with Crippen LogP contribution in [-0.2, 0) is 9.53 Å². The first-order valence-corrected chi connectivity index (χ1v) is 9.70. The smallest absolute Gasteiger partial charge is 0.338 e. The second-order valence-corrected chi connectivity index (χ2v) is 8.42. The van der Waals surface area contributed by atoms with Crippen LogP contribution < -0.4 is 4.90 Å². The molecule has 2 heterocycles. The molecule has 2 atom stereocenters. The van der Waals surface area contributed by atoms with E-state index in [4.69, 9.17) is 4.74 Å². The Kier molecular flexibility index (Phi) is 4.35. The Bertz CT molecular complexity index is 692. The lowest BCUT2D eigenvalue weighted by Crippen LogP contribution is -2.27. The van der Waals surface area contributed by atoms with Gasteiger partial charge in [0.25, 0.3) is 0 Å². The average molecular weight is 362 g/mol. The van der Waals surface area contributed by atoms with Gasteiger partial charge in [0.1, 0.15) is 10.8 Å². The summed E-state index contributed by atoms with van der Waals surface area (Å²) in [5.74, 6) is 0.516. The molecule has 7 heteroatoms. The lowest BCUT2D eigenvalue weighted by Gasteiger charge is -2.22. The molecule has 0 bridgehead atoms. The van der Waals surface area contributed by atoms with E-state index in [2.05, 4.69) is 9.88 Å². The van der Waals surface area contributed by atoms with Crippen molar-refractivity contribution in [2.75, 3.05) is 25.1 Å². The van der Waals surface area contributed by atoms with Gasteiger partial charge in [-0.3, -0.25) is 4.79 Å². The molecule has 4 rings (SSSR count). The summed E-state index contributed by atoms with van der Waals surface area (Å²) in [6.45, 7) is 1.58. The fraction of sp³-hybridized carbons (Fsp3) is 0.611. The monoisotopic (exact) mass is 362 g/mol. The number of esters is 1. The van der Waals surface area contributed by atoms with Gasteiger partial charge in [-0.25, -0.2) is 9.78 Å². The van der Waals surface area contributed by atoms with Crippen molar-refractivity contribution in [3.63, 3.8) is 0 Å². The SMILES string of the molecule is COC(=O)C1C2CN(c3ccc(C(=O)O)c(SC4CCCC4)n3)CC21. The molecule has 6 nitrogen and oxygen atoms in total. The number of nitrogens with zero attached hydrogens (tertiary/aromatic N) is 2. The zero-order valence-corrected chi connectivity index (χ0v) is 15.0. The Hall–Kier alpha value is -1.76. The molecule has 3 aliphatic rings. The van der Waals surface area contributed by atoms with E-state index in [9.17, 15) is 14.7 Å². The molecule has 134 valence electrons. The van der Waals surface area contributed by atoms with Crippen molar-refractivity contribution in [1.82, 2.24) is 4.98 Å². The van der Waals surface area contributed by atoms with Gasteiger partial charge in [0.2, 0.25) is 0 Å². The molecule has 0 amide bonds. The minimum atomic E-state index is -0.922. The summed E-state index contributed by atoms with van der Waals surface area (Å²) < 4.78 is 4.85. The van der Waals surface area contributed by atoms with E-state index in [0.717, 1.165) is 31.7 Å². The van der Waals surface area contributed by atoms with Crippen molar-refractivity contribution in [3.05, 3.63) is 17.7 Å². The second-order valence-electron chi connectivity index (χ2n) is 7.13. The van der Waals surface area contributed by atoms with Crippen LogP contribution in [0.3, 0.4) is 0 Å². The molecule has 0 spiro atoms. The number of rotatable bonds is 5. The van der Waals surface area contributed by atoms with Gasteiger partial charge in [-0.15, -0.1) is 11.8 Å². The first-order chi connectivity index (χ1) is 12.1. The van der Waals surface area contributed by atoms with Crippen molar-refractivity contribution in [3.8, 4) is 0 Å². The number of aromatic carboxylic acids is 1. The highest BCUT2D eigenvalue weighted by atomic mass is 32.2. The van der Waals surface area contributed by atoms with Crippen molar-refractivity contribution in [1.29, 1.82) is 0 Å². The minimum Gasteiger partial charge on any atom is -0.478 e. The summed E-state index contributed by atoms with van der Waals surface area (Å²) in [4.78, 5) is 30.0. The number of methoxy groups -OCH3 is 1. The molecule has 2 saturated carbocycles. The molecule has 0 aromatic carbocycles. The van der Waals surface area contributed by atoms with Gasteiger partial charge < -0.3 is 14.7 Å². The van der Waals surface area contributed by atoms with Crippen LogP contribution in [0.25, 0.3) is 0 Å². The van der Waals surface area contributed by atoms with Crippen LogP contribution in [0.5, 0.6) is 0 Å². The van der Waals surface area contributed by atoms with E-state index in [1.54, 1.807) is 23.9 Å². The third-order valence-electron chi connectivity index (χ3n) is 5.65. The van der Waals surface area contributed by atoms with Crippen LogP contribution in [-0.4, -0.2) is 47.5 Å². The molecule has 3 fully saturated rings. The zero-order chi connectivity index (χ0) is 17.6. The summed E-state index contributed by atoms with van der Waals surface area (Å²) in [7, 11) is 1.44. The number of pyridine rings is 1. The molecule has 2 unspecified atom stereocenters. The predicted molar refractivity (Wildman–Crippen MR) is 94.0 cm³/mol. The molecule has 1 aromatic heterocycles. The number of piperidine rings is 1. The third kappa shape index (κ3) is 3.10. The van der Waals surface area contributed by atoms with Gasteiger partial charge in [-0.05, 0) is 36.8 Å². The number of fused-ring (bicyclic) bond motifs is 1. The highest BCUT2D eigenvalue weighted by molar-refractivity contribution is 7.99. The fourth-order valence-corrected chi connectivity index (χ4v) is 5.54. The van der Waals surface area contributed by atoms with E-state index >= 15 is 0 Å². The normalized spacial score (nSPS) is 28.0. The Morgan fingerprint density at radius 2 is 1.92 bits per heavy atom. The van der Waals surface area contributed by atoms with E-state index < -0.39 is 5.97 Å². The molecule has 1 aromatic rings. The van der Waals surface area contributed by atoms with E-state index in [0.29, 0.717) is 22.1 Å². The highest BCUT2D eigenvalue weighted by Crippen LogP contribution is 2.53. The maximum absolute atomic E-state index is 11.7. The number of anilines is 1. The van der Waals surface area contributed by atoms with E-state index in [-0.39, 0.29) is 17.5 Å². The van der Waals surface area contributed by atoms with Gasteiger partial charge >= 0.3 is 11.9 Å². The van der Waals surface area contributed by atoms with Crippen molar-refractivity contribution < 1.29 is 19.4 Å².